The van der Waals surface area contributed by atoms with E-state index in [1.807, 2.05) is 56.3 Å². The topological polar surface area (TPSA) is 35.9 Å². The molecule has 0 atom stereocenters. The summed E-state index contributed by atoms with van der Waals surface area (Å²) in [4.78, 5) is 0. The van der Waals surface area contributed by atoms with Gasteiger partial charge in [0.15, 0.2) is 0 Å². The Balaban J connectivity index is 2.39. The summed E-state index contributed by atoms with van der Waals surface area (Å²) < 4.78 is 14.3. The molecule has 3 heteroatoms. The Morgan fingerprint density at radius 2 is 1.81 bits per heavy atom. The van der Waals surface area contributed by atoms with Crippen molar-refractivity contribution in [2.45, 2.75) is 20.8 Å². The van der Waals surface area contributed by atoms with Crippen molar-refractivity contribution in [3.63, 3.8) is 0 Å². The van der Waals surface area contributed by atoms with Gasteiger partial charge in [0.05, 0.1) is 11.4 Å². The van der Waals surface area contributed by atoms with Crippen LogP contribution in [0.15, 0.2) is 85.4 Å². The first kappa shape index (κ1) is 20.1. The van der Waals surface area contributed by atoms with Gasteiger partial charge in [-0.05, 0) is 55.7 Å². The zero-order chi connectivity index (χ0) is 20.0. The van der Waals surface area contributed by atoms with Gasteiger partial charge in [0, 0.05) is 16.8 Å². The fraction of sp³-hybridized carbons (Fsp3) is 0.125. The zero-order valence-corrected chi connectivity index (χ0v) is 16.1. The van der Waals surface area contributed by atoms with E-state index in [-0.39, 0.29) is 11.5 Å². The third kappa shape index (κ3) is 4.70. The first-order chi connectivity index (χ1) is 12.9. The summed E-state index contributed by atoms with van der Waals surface area (Å²) >= 11 is 0. The van der Waals surface area contributed by atoms with Gasteiger partial charge in [0.1, 0.15) is 5.83 Å². The number of hydrogen-bond donors (Lipinski definition) is 2. The minimum atomic E-state index is -0.356. The lowest BCUT2D eigenvalue weighted by atomic mass is 9.95. The molecule has 27 heavy (non-hydrogen) atoms. The van der Waals surface area contributed by atoms with Crippen LogP contribution in [0.25, 0.3) is 5.57 Å². The monoisotopic (exact) mass is 360 g/mol. The van der Waals surface area contributed by atoms with Gasteiger partial charge in [-0.3, -0.25) is 5.41 Å². The van der Waals surface area contributed by atoms with Crippen molar-refractivity contribution in [1.82, 2.24) is 0 Å². The predicted octanol–water partition coefficient (Wildman–Crippen LogP) is 6.74. The summed E-state index contributed by atoms with van der Waals surface area (Å²) in [7, 11) is 0. The number of allylic oxidation sites excluding steroid dienone is 6. The van der Waals surface area contributed by atoms with E-state index in [0.717, 1.165) is 16.8 Å². The Morgan fingerprint density at radius 3 is 2.44 bits per heavy atom. The van der Waals surface area contributed by atoms with Gasteiger partial charge in [-0.15, -0.1) is 0 Å². The van der Waals surface area contributed by atoms with Crippen LogP contribution in [0, 0.1) is 19.3 Å². The summed E-state index contributed by atoms with van der Waals surface area (Å²) in [5.74, 6) is -0.356. The maximum atomic E-state index is 14.3. The zero-order valence-electron chi connectivity index (χ0n) is 16.1. The molecule has 2 nitrogen and oxygen atoms in total. The van der Waals surface area contributed by atoms with Crippen molar-refractivity contribution in [1.29, 1.82) is 5.41 Å². The van der Waals surface area contributed by atoms with Crippen LogP contribution in [0.1, 0.15) is 29.2 Å². The highest BCUT2D eigenvalue weighted by Crippen LogP contribution is 2.26. The normalized spacial score (nSPS) is 11.9. The van der Waals surface area contributed by atoms with Crippen LogP contribution < -0.4 is 5.32 Å². The molecule has 0 aliphatic heterocycles. The lowest BCUT2D eigenvalue weighted by molar-refractivity contribution is 0.671. The second-order valence-electron chi connectivity index (χ2n) is 6.29. The standard InChI is InChI=1S/C24H25FN2/c1-6-10-22(25)20(7-2)19-14-13-16(3)21(15-19)24(26)18(5)27-23-12-9-8-11-17(23)4/h6-15,26-27H,2,5H2,1,3-4H3/b10-6-,22-20-,26-24?. The second kappa shape index (κ2) is 8.95. The highest BCUT2D eigenvalue weighted by Gasteiger charge is 2.13. The Labute approximate surface area is 161 Å². The Morgan fingerprint density at radius 1 is 1.11 bits per heavy atom. The Hall–Kier alpha value is -3.20. The van der Waals surface area contributed by atoms with E-state index in [1.165, 1.54) is 12.2 Å². The molecule has 2 N–H and O–H groups in total. The van der Waals surface area contributed by atoms with E-state index in [4.69, 9.17) is 5.41 Å². The molecule has 0 saturated carbocycles. The molecule has 0 saturated heterocycles. The second-order valence-corrected chi connectivity index (χ2v) is 6.29. The van der Waals surface area contributed by atoms with Crippen molar-refractivity contribution in [3.8, 4) is 0 Å². The van der Waals surface area contributed by atoms with E-state index in [1.54, 1.807) is 13.0 Å². The summed E-state index contributed by atoms with van der Waals surface area (Å²) in [6.07, 6.45) is 4.54. The molecule has 0 radical (unpaired) electrons. The number of rotatable bonds is 7. The number of halogens is 1. The van der Waals surface area contributed by atoms with Crippen molar-refractivity contribution in [3.05, 3.63) is 108 Å². The van der Waals surface area contributed by atoms with Crippen LogP contribution in [0.4, 0.5) is 10.1 Å². The third-order valence-corrected chi connectivity index (χ3v) is 4.32. The molecular formula is C24H25FN2. The van der Waals surface area contributed by atoms with Crippen LogP contribution in [0.5, 0.6) is 0 Å². The number of hydrogen-bond acceptors (Lipinski definition) is 2. The molecule has 0 fully saturated rings. The van der Waals surface area contributed by atoms with Gasteiger partial charge in [0.25, 0.3) is 0 Å². The van der Waals surface area contributed by atoms with Crippen LogP contribution in [-0.4, -0.2) is 5.71 Å². The molecule has 2 rings (SSSR count). The highest BCUT2D eigenvalue weighted by molar-refractivity contribution is 6.13. The lowest BCUT2D eigenvalue weighted by Gasteiger charge is -2.16. The maximum absolute atomic E-state index is 14.3. The van der Waals surface area contributed by atoms with E-state index < -0.39 is 0 Å². The Bertz CT molecular complexity index is 949. The van der Waals surface area contributed by atoms with Crippen molar-refractivity contribution >= 4 is 17.0 Å². The molecule has 138 valence electrons. The SMILES string of the molecule is C=C/C(=C(F)\C=C/C)c1ccc(C)c(C(=N)C(=C)Nc2ccccc2C)c1. The van der Waals surface area contributed by atoms with Crippen molar-refractivity contribution in [2.24, 2.45) is 0 Å². The maximum Gasteiger partial charge on any atom is 0.130 e. The molecule has 0 aliphatic rings. The first-order valence-electron chi connectivity index (χ1n) is 8.75. The number of nitrogens with one attached hydrogen (secondary N) is 2. The predicted molar refractivity (Wildman–Crippen MR) is 115 cm³/mol. The quantitative estimate of drug-likeness (QED) is 0.416. The molecule has 2 aromatic rings. The van der Waals surface area contributed by atoms with Gasteiger partial charge in [-0.25, -0.2) is 4.39 Å². The largest absolute Gasteiger partial charge is 0.354 e. The molecule has 0 spiro atoms. The van der Waals surface area contributed by atoms with Gasteiger partial charge < -0.3 is 5.32 Å². The molecule has 0 heterocycles. The van der Waals surface area contributed by atoms with Crippen LogP contribution in [0.2, 0.25) is 0 Å². The van der Waals surface area contributed by atoms with Crippen LogP contribution in [0.3, 0.4) is 0 Å². The van der Waals surface area contributed by atoms with Crippen LogP contribution >= 0.6 is 0 Å². The number of aryl methyl sites for hydroxylation is 2. The van der Waals surface area contributed by atoms with E-state index >= 15 is 0 Å². The van der Waals surface area contributed by atoms with Gasteiger partial charge in [0.2, 0.25) is 0 Å². The average molecular weight is 360 g/mol. The number of para-hydroxylation sites is 1. The Kier molecular flexibility index (Phi) is 6.67. The van der Waals surface area contributed by atoms with E-state index in [2.05, 4.69) is 18.5 Å². The van der Waals surface area contributed by atoms with Gasteiger partial charge >= 0.3 is 0 Å². The molecular weight excluding hydrogens is 335 g/mol. The molecule has 2 aromatic carbocycles. The van der Waals surface area contributed by atoms with E-state index in [0.29, 0.717) is 22.4 Å². The smallest absolute Gasteiger partial charge is 0.130 e. The van der Waals surface area contributed by atoms with Crippen molar-refractivity contribution in [2.75, 3.05) is 5.32 Å². The highest BCUT2D eigenvalue weighted by atomic mass is 19.1. The summed E-state index contributed by atoms with van der Waals surface area (Å²) in [6.45, 7) is 13.4. The summed E-state index contributed by atoms with van der Waals surface area (Å²) in [6, 6.07) is 13.4. The molecule has 0 unspecified atom stereocenters. The third-order valence-electron chi connectivity index (χ3n) is 4.32. The van der Waals surface area contributed by atoms with Gasteiger partial charge in [-0.2, -0.15) is 0 Å². The summed E-state index contributed by atoms with van der Waals surface area (Å²) in [5, 5.41) is 11.8. The molecule has 0 aliphatic carbocycles. The van der Waals surface area contributed by atoms with Crippen molar-refractivity contribution < 1.29 is 4.39 Å². The fourth-order valence-electron chi connectivity index (χ4n) is 2.75. The van der Waals surface area contributed by atoms with Gasteiger partial charge in [-0.1, -0.05) is 55.6 Å². The fourth-order valence-corrected chi connectivity index (χ4v) is 2.75. The van der Waals surface area contributed by atoms with Crippen LogP contribution in [-0.2, 0) is 0 Å². The summed E-state index contributed by atoms with van der Waals surface area (Å²) in [5.41, 5.74) is 5.44. The van der Waals surface area contributed by atoms with E-state index in [9.17, 15) is 4.39 Å². The molecule has 0 aromatic heterocycles. The molecule has 0 bridgehead atoms. The first-order valence-corrected chi connectivity index (χ1v) is 8.75. The average Bonchev–Trinajstić information content (AvgIpc) is 2.65. The molecule has 0 amide bonds. The lowest BCUT2D eigenvalue weighted by Crippen LogP contribution is -2.13. The minimum absolute atomic E-state index is 0.271. The number of anilines is 1. The number of benzene rings is 2. The minimum Gasteiger partial charge on any atom is -0.354 e.